The SMILES string of the molecule is COc1cc(OC)cc(C(=O)Nc2nc(-c3ccc4c(c3)N(C(C)=O)CC4)cs2)c1. The summed E-state index contributed by atoms with van der Waals surface area (Å²) in [6, 6.07) is 11.0. The smallest absolute Gasteiger partial charge is 0.257 e. The minimum atomic E-state index is -0.301. The van der Waals surface area contributed by atoms with Gasteiger partial charge >= 0.3 is 0 Å². The Morgan fingerprint density at radius 3 is 2.50 bits per heavy atom. The van der Waals surface area contributed by atoms with E-state index in [0.717, 1.165) is 28.9 Å². The maximum absolute atomic E-state index is 12.7. The molecule has 0 radical (unpaired) electrons. The normalized spacial score (nSPS) is 12.4. The van der Waals surface area contributed by atoms with Crippen molar-refractivity contribution in [2.45, 2.75) is 13.3 Å². The van der Waals surface area contributed by atoms with Crippen LogP contribution in [-0.2, 0) is 11.2 Å². The molecule has 0 unspecified atom stereocenters. The molecular formula is C22H21N3O4S. The third-order valence-corrected chi connectivity index (χ3v) is 5.75. The van der Waals surface area contributed by atoms with Gasteiger partial charge in [-0.3, -0.25) is 14.9 Å². The Morgan fingerprint density at radius 2 is 1.83 bits per heavy atom. The van der Waals surface area contributed by atoms with Crippen molar-refractivity contribution in [2.24, 2.45) is 0 Å². The number of thiazole rings is 1. The highest BCUT2D eigenvalue weighted by Crippen LogP contribution is 2.34. The molecule has 4 rings (SSSR count). The van der Waals surface area contributed by atoms with Crippen molar-refractivity contribution in [3.05, 3.63) is 52.9 Å². The first-order valence-electron chi connectivity index (χ1n) is 9.40. The van der Waals surface area contributed by atoms with Crippen LogP contribution < -0.4 is 19.7 Å². The number of carbonyl (C=O) groups excluding carboxylic acids is 2. The van der Waals surface area contributed by atoms with Crippen LogP contribution >= 0.6 is 11.3 Å². The second-order valence-corrected chi connectivity index (χ2v) is 7.72. The fourth-order valence-corrected chi connectivity index (χ4v) is 4.15. The van der Waals surface area contributed by atoms with Gasteiger partial charge < -0.3 is 14.4 Å². The molecule has 0 spiro atoms. The molecular weight excluding hydrogens is 402 g/mol. The Bertz CT molecular complexity index is 1100. The van der Waals surface area contributed by atoms with Crippen molar-refractivity contribution in [1.82, 2.24) is 4.98 Å². The second kappa shape index (κ2) is 8.16. The number of benzene rings is 2. The number of carbonyl (C=O) groups is 2. The van der Waals surface area contributed by atoms with E-state index >= 15 is 0 Å². The number of amides is 2. The summed E-state index contributed by atoms with van der Waals surface area (Å²) in [4.78, 5) is 30.9. The van der Waals surface area contributed by atoms with Gasteiger partial charge in [-0.2, -0.15) is 0 Å². The van der Waals surface area contributed by atoms with Crippen LogP contribution in [0.5, 0.6) is 11.5 Å². The van der Waals surface area contributed by atoms with Crippen LogP contribution in [-0.4, -0.2) is 37.6 Å². The quantitative estimate of drug-likeness (QED) is 0.671. The number of methoxy groups -OCH3 is 2. The summed E-state index contributed by atoms with van der Waals surface area (Å²) in [7, 11) is 3.07. The Balaban J connectivity index is 1.55. The van der Waals surface area contributed by atoms with Crippen molar-refractivity contribution in [1.29, 1.82) is 0 Å². The summed E-state index contributed by atoms with van der Waals surface area (Å²) in [5.74, 6) is 0.802. The monoisotopic (exact) mass is 423 g/mol. The topological polar surface area (TPSA) is 80.8 Å². The number of ether oxygens (including phenoxy) is 2. The summed E-state index contributed by atoms with van der Waals surface area (Å²) in [5, 5.41) is 5.20. The van der Waals surface area contributed by atoms with E-state index in [9.17, 15) is 9.59 Å². The standard InChI is InChI=1S/C22H21N3O4S/c1-13(26)25-7-6-14-4-5-15(10-20(14)25)19-12-30-22(23-19)24-21(27)16-8-17(28-2)11-18(9-16)29-3/h4-5,8-12H,6-7H2,1-3H3,(H,23,24,27). The molecule has 1 N–H and O–H groups in total. The van der Waals surface area contributed by atoms with Gasteiger partial charge in [0.25, 0.3) is 5.91 Å². The molecule has 0 aliphatic carbocycles. The fourth-order valence-electron chi connectivity index (χ4n) is 3.44. The number of fused-ring (bicyclic) bond motifs is 1. The largest absolute Gasteiger partial charge is 0.497 e. The second-order valence-electron chi connectivity index (χ2n) is 6.86. The van der Waals surface area contributed by atoms with Gasteiger partial charge in [-0.1, -0.05) is 12.1 Å². The molecule has 1 aliphatic heterocycles. The highest BCUT2D eigenvalue weighted by atomic mass is 32.1. The van der Waals surface area contributed by atoms with Crippen molar-refractivity contribution >= 4 is 34.0 Å². The molecule has 3 aromatic rings. The van der Waals surface area contributed by atoms with Crippen LogP contribution in [0.1, 0.15) is 22.8 Å². The van der Waals surface area contributed by atoms with Crippen LogP contribution in [0.3, 0.4) is 0 Å². The average molecular weight is 423 g/mol. The lowest BCUT2D eigenvalue weighted by molar-refractivity contribution is -0.116. The zero-order valence-electron chi connectivity index (χ0n) is 16.9. The Morgan fingerprint density at radius 1 is 1.10 bits per heavy atom. The lowest BCUT2D eigenvalue weighted by atomic mass is 10.1. The molecule has 7 nitrogen and oxygen atoms in total. The van der Waals surface area contributed by atoms with Crippen molar-refractivity contribution < 1.29 is 19.1 Å². The van der Waals surface area contributed by atoms with E-state index in [-0.39, 0.29) is 11.8 Å². The van der Waals surface area contributed by atoms with Gasteiger partial charge in [0.1, 0.15) is 11.5 Å². The Hall–Kier alpha value is -3.39. The van der Waals surface area contributed by atoms with Gasteiger partial charge in [-0.15, -0.1) is 11.3 Å². The highest BCUT2D eigenvalue weighted by molar-refractivity contribution is 7.14. The van der Waals surface area contributed by atoms with Gasteiger partial charge in [0.2, 0.25) is 5.91 Å². The first-order chi connectivity index (χ1) is 14.5. The van der Waals surface area contributed by atoms with Gasteiger partial charge in [-0.25, -0.2) is 4.98 Å². The molecule has 154 valence electrons. The summed E-state index contributed by atoms with van der Waals surface area (Å²) in [5.41, 5.74) is 4.16. The van der Waals surface area contributed by atoms with Crippen LogP contribution in [0.4, 0.5) is 10.8 Å². The zero-order chi connectivity index (χ0) is 21.3. The number of aromatic nitrogens is 1. The van der Waals surface area contributed by atoms with E-state index in [1.54, 1.807) is 30.0 Å². The van der Waals surface area contributed by atoms with Gasteiger partial charge in [0, 0.05) is 41.7 Å². The first-order valence-corrected chi connectivity index (χ1v) is 10.3. The number of anilines is 2. The molecule has 0 bridgehead atoms. The van der Waals surface area contributed by atoms with E-state index in [1.165, 1.54) is 25.6 Å². The van der Waals surface area contributed by atoms with Crippen LogP contribution in [0, 0.1) is 0 Å². The molecule has 8 heteroatoms. The van der Waals surface area contributed by atoms with E-state index in [2.05, 4.69) is 10.3 Å². The third-order valence-electron chi connectivity index (χ3n) is 4.99. The molecule has 0 atom stereocenters. The molecule has 1 aromatic heterocycles. The number of hydrogen-bond donors (Lipinski definition) is 1. The minimum absolute atomic E-state index is 0.0332. The molecule has 2 amide bonds. The Labute approximate surface area is 178 Å². The van der Waals surface area contributed by atoms with Crippen molar-refractivity contribution in [3.63, 3.8) is 0 Å². The van der Waals surface area contributed by atoms with E-state index < -0.39 is 0 Å². The average Bonchev–Trinajstić information content (AvgIpc) is 3.39. The number of rotatable bonds is 5. The van der Waals surface area contributed by atoms with Crippen LogP contribution in [0.25, 0.3) is 11.3 Å². The predicted octanol–water partition coefficient (Wildman–Crippen LogP) is 3.99. The predicted molar refractivity (Wildman–Crippen MR) is 117 cm³/mol. The maximum Gasteiger partial charge on any atom is 0.257 e. The first kappa shape index (κ1) is 19.9. The van der Waals surface area contributed by atoms with Crippen LogP contribution in [0.15, 0.2) is 41.8 Å². The molecule has 2 heterocycles. The number of nitrogens with zero attached hydrogens (tertiary/aromatic N) is 2. The molecule has 0 fully saturated rings. The third kappa shape index (κ3) is 3.86. The fraction of sp³-hybridized carbons (Fsp3) is 0.227. The summed E-state index contributed by atoms with van der Waals surface area (Å²) in [6.45, 7) is 2.28. The lowest BCUT2D eigenvalue weighted by Gasteiger charge is -2.15. The maximum atomic E-state index is 12.7. The summed E-state index contributed by atoms with van der Waals surface area (Å²) >= 11 is 1.34. The van der Waals surface area contributed by atoms with E-state index in [1.807, 2.05) is 23.6 Å². The van der Waals surface area contributed by atoms with Crippen molar-refractivity contribution in [2.75, 3.05) is 31.0 Å². The number of hydrogen-bond acceptors (Lipinski definition) is 6. The lowest BCUT2D eigenvalue weighted by Crippen LogP contribution is -2.25. The minimum Gasteiger partial charge on any atom is -0.497 e. The molecule has 30 heavy (non-hydrogen) atoms. The van der Waals surface area contributed by atoms with E-state index in [0.29, 0.717) is 28.7 Å². The summed E-state index contributed by atoms with van der Waals surface area (Å²) in [6.07, 6.45) is 0.859. The Kier molecular flexibility index (Phi) is 5.41. The molecule has 0 saturated carbocycles. The highest BCUT2D eigenvalue weighted by Gasteiger charge is 2.23. The van der Waals surface area contributed by atoms with Gasteiger partial charge in [0.05, 0.1) is 19.9 Å². The van der Waals surface area contributed by atoms with Gasteiger partial charge in [-0.05, 0) is 30.2 Å². The molecule has 2 aromatic carbocycles. The zero-order valence-corrected chi connectivity index (χ0v) is 17.7. The van der Waals surface area contributed by atoms with Gasteiger partial charge in [0.15, 0.2) is 5.13 Å². The van der Waals surface area contributed by atoms with Crippen molar-refractivity contribution in [3.8, 4) is 22.8 Å². The van der Waals surface area contributed by atoms with E-state index in [4.69, 9.17) is 9.47 Å². The molecule has 0 saturated heterocycles. The molecule has 1 aliphatic rings. The number of nitrogens with one attached hydrogen (secondary N) is 1. The summed E-state index contributed by atoms with van der Waals surface area (Å²) < 4.78 is 10.4. The van der Waals surface area contributed by atoms with Crippen LogP contribution in [0.2, 0.25) is 0 Å².